The van der Waals surface area contributed by atoms with Crippen LogP contribution in [0.1, 0.15) is 31.1 Å². The van der Waals surface area contributed by atoms with Crippen molar-refractivity contribution in [3.8, 4) is 5.75 Å². The molecule has 17 heavy (non-hydrogen) atoms. The number of hydrogen-bond acceptors (Lipinski definition) is 2. The van der Waals surface area contributed by atoms with E-state index in [2.05, 4.69) is 13.8 Å². The molecule has 0 aromatic heterocycles. The second-order valence-electron chi connectivity index (χ2n) is 4.51. The predicted octanol–water partition coefficient (Wildman–Crippen LogP) is 2.81. The topological polar surface area (TPSA) is 29.5 Å². The van der Waals surface area contributed by atoms with E-state index in [0.717, 1.165) is 6.54 Å². The van der Waals surface area contributed by atoms with Crippen LogP contribution in [0.3, 0.4) is 0 Å². The summed E-state index contributed by atoms with van der Waals surface area (Å²) in [7, 11) is 1.82. The Bertz CT molecular complexity index is 374. The average Bonchev–Trinajstić information content (AvgIpc) is 2.28. The Morgan fingerprint density at radius 2 is 2.00 bits per heavy atom. The molecule has 0 radical (unpaired) electrons. The molecule has 0 saturated heterocycles. The average molecular weight is 235 g/mol. The summed E-state index contributed by atoms with van der Waals surface area (Å²) in [5, 5.41) is 0. The van der Waals surface area contributed by atoms with E-state index in [4.69, 9.17) is 4.74 Å². The van der Waals surface area contributed by atoms with Crippen molar-refractivity contribution in [3.05, 3.63) is 29.8 Å². The highest BCUT2D eigenvalue weighted by atomic mass is 16.5. The van der Waals surface area contributed by atoms with E-state index in [0.29, 0.717) is 23.8 Å². The summed E-state index contributed by atoms with van der Waals surface area (Å²) in [6.07, 6.45) is 0. The Morgan fingerprint density at radius 3 is 2.59 bits per heavy atom. The molecule has 0 heterocycles. The zero-order valence-corrected chi connectivity index (χ0v) is 11.1. The van der Waals surface area contributed by atoms with Gasteiger partial charge in [-0.25, -0.2) is 0 Å². The largest absolute Gasteiger partial charge is 0.493 e. The highest BCUT2D eigenvalue weighted by molar-refractivity contribution is 5.96. The van der Waals surface area contributed by atoms with E-state index in [-0.39, 0.29) is 5.91 Å². The third-order valence-electron chi connectivity index (χ3n) is 2.40. The molecule has 1 aromatic rings. The van der Waals surface area contributed by atoms with Crippen molar-refractivity contribution in [2.75, 3.05) is 20.2 Å². The van der Waals surface area contributed by atoms with E-state index in [9.17, 15) is 4.79 Å². The lowest BCUT2D eigenvalue weighted by Gasteiger charge is -2.20. The molecule has 1 rings (SSSR count). The molecule has 94 valence electrons. The quantitative estimate of drug-likeness (QED) is 0.785. The minimum atomic E-state index is 0.0164. The Kier molecular flexibility index (Phi) is 5.01. The maximum atomic E-state index is 12.2. The molecule has 3 heteroatoms. The van der Waals surface area contributed by atoms with Crippen molar-refractivity contribution in [2.24, 2.45) is 5.92 Å². The normalized spacial score (nSPS) is 10.4. The van der Waals surface area contributed by atoms with Crippen LogP contribution in [0.5, 0.6) is 5.75 Å². The summed E-state index contributed by atoms with van der Waals surface area (Å²) < 4.78 is 5.47. The fourth-order valence-electron chi connectivity index (χ4n) is 1.76. The SMILES string of the molecule is CCOc1ccccc1C(=O)N(C)CC(C)C. The Morgan fingerprint density at radius 1 is 1.35 bits per heavy atom. The molecule has 0 N–H and O–H groups in total. The summed E-state index contributed by atoms with van der Waals surface area (Å²) >= 11 is 0. The molecule has 0 unspecified atom stereocenters. The lowest BCUT2D eigenvalue weighted by atomic mass is 10.1. The number of amides is 1. The van der Waals surface area contributed by atoms with E-state index < -0.39 is 0 Å². The van der Waals surface area contributed by atoms with Crippen molar-refractivity contribution in [1.29, 1.82) is 0 Å². The summed E-state index contributed by atoms with van der Waals surface area (Å²) in [6, 6.07) is 7.38. The Hall–Kier alpha value is -1.51. The number of hydrogen-bond donors (Lipinski definition) is 0. The molecule has 0 aliphatic heterocycles. The number of carbonyl (C=O) groups is 1. The van der Waals surface area contributed by atoms with Crippen molar-refractivity contribution in [3.63, 3.8) is 0 Å². The van der Waals surface area contributed by atoms with Crippen LogP contribution < -0.4 is 4.74 Å². The minimum absolute atomic E-state index is 0.0164. The standard InChI is InChI=1S/C14H21NO2/c1-5-17-13-9-7-6-8-12(13)14(16)15(4)10-11(2)3/h6-9,11H,5,10H2,1-4H3. The highest BCUT2D eigenvalue weighted by Crippen LogP contribution is 2.19. The van der Waals surface area contributed by atoms with E-state index in [1.54, 1.807) is 4.90 Å². The van der Waals surface area contributed by atoms with Crippen molar-refractivity contribution in [2.45, 2.75) is 20.8 Å². The Balaban J connectivity index is 2.87. The van der Waals surface area contributed by atoms with Gasteiger partial charge in [0.25, 0.3) is 5.91 Å². The molecular formula is C14H21NO2. The molecule has 0 atom stereocenters. The first-order valence-electron chi connectivity index (χ1n) is 6.03. The molecule has 0 spiro atoms. The Labute approximate surface area is 103 Å². The van der Waals surface area contributed by atoms with Gasteiger partial charge < -0.3 is 9.64 Å². The van der Waals surface area contributed by atoms with Gasteiger partial charge in [0.05, 0.1) is 12.2 Å². The molecule has 0 bridgehead atoms. The van der Waals surface area contributed by atoms with Gasteiger partial charge in [-0.3, -0.25) is 4.79 Å². The molecule has 0 saturated carbocycles. The number of ether oxygens (including phenoxy) is 1. The summed E-state index contributed by atoms with van der Waals surface area (Å²) in [4.78, 5) is 14.0. The lowest BCUT2D eigenvalue weighted by Crippen LogP contribution is -2.30. The van der Waals surface area contributed by atoms with Crippen molar-refractivity contribution < 1.29 is 9.53 Å². The summed E-state index contributed by atoms with van der Waals surface area (Å²) in [5.41, 5.74) is 0.637. The molecule has 0 fully saturated rings. The van der Waals surface area contributed by atoms with Crippen LogP contribution in [0.25, 0.3) is 0 Å². The van der Waals surface area contributed by atoms with E-state index in [1.807, 2.05) is 38.2 Å². The van der Waals surface area contributed by atoms with Crippen LogP contribution in [0.15, 0.2) is 24.3 Å². The van der Waals surface area contributed by atoms with Gasteiger partial charge in [0.2, 0.25) is 0 Å². The fraction of sp³-hybridized carbons (Fsp3) is 0.500. The van der Waals surface area contributed by atoms with Crippen LogP contribution in [0, 0.1) is 5.92 Å². The van der Waals surface area contributed by atoms with Gasteiger partial charge in [0.1, 0.15) is 5.75 Å². The van der Waals surface area contributed by atoms with Gasteiger partial charge in [-0.15, -0.1) is 0 Å². The van der Waals surface area contributed by atoms with Gasteiger partial charge in [0.15, 0.2) is 0 Å². The molecule has 3 nitrogen and oxygen atoms in total. The third kappa shape index (κ3) is 3.77. The van der Waals surface area contributed by atoms with E-state index >= 15 is 0 Å². The van der Waals surface area contributed by atoms with E-state index in [1.165, 1.54) is 0 Å². The molecule has 0 aliphatic rings. The van der Waals surface area contributed by atoms with Crippen LogP contribution >= 0.6 is 0 Å². The predicted molar refractivity (Wildman–Crippen MR) is 69.4 cm³/mol. The first kappa shape index (κ1) is 13.6. The fourth-order valence-corrected chi connectivity index (χ4v) is 1.76. The maximum absolute atomic E-state index is 12.2. The van der Waals surface area contributed by atoms with Crippen molar-refractivity contribution >= 4 is 5.91 Å². The molecule has 1 amide bonds. The van der Waals surface area contributed by atoms with Crippen molar-refractivity contribution in [1.82, 2.24) is 4.90 Å². The first-order chi connectivity index (χ1) is 8.06. The monoisotopic (exact) mass is 235 g/mol. The van der Waals surface area contributed by atoms with Gasteiger partial charge in [-0.2, -0.15) is 0 Å². The minimum Gasteiger partial charge on any atom is -0.493 e. The zero-order valence-electron chi connectivity index (χ0n) is 11.1. The molecule has 0 aliphatic carbocycles. The van der Waals surface area contributed by atoms with Gasteiger partial charge in [-0.1, -0.05) is 26.0 Å². The maximum Gasteiger partial charge on any atom is 0.257 e. The number of nitrogens with zero attached hydrogens (tertiary/aromatic N) is 1. The van der Waals surface area contributed by atoms with Gasteiger partial charge in [0, 0.05) is 13.6 Å². The third-order valence-corrected chi connectivity index (χ3v) is 2.40. The number of para-hydroxylation sites is 1. The number of rotatable bonds is 5. The van der Waals surface area contributed by atoms with Crippen LogP contribution in [-0.4, -0.2) is 31.0 Å². The van der Waals surface area contributed by atoms with Crippen LogP contribution in [0.2, 0.25) is 0 Å². The van der Waals surface area contributed by atoms with Gasteiger partial charge >= 0.3 is 0 Å². The van der Waals surface area contributed by atoms with Gasteiger partial charge in [-0.05, 0) is 25.0 Å². The summed E-state index contributed by atoms with van der Waals surface area (Å²) in [5.74, 6) is 1.14. The number of carbonyl (C=O) groups excluding carboxylic acids is 1. The first-order valence-corrected chi connectivity index (χ1v) is 6.03. The zero-order chi connectivity index (χ0) is 12.8. The number of benzene rings is 1. The highest BCUT2D eigenvalue weighted by Gasteiger charge is 2.16. The van der Waals surface area contributed by atoms with Crippen LogP contribution in [-0.2, 0) is 0 Å². The smallest absolute Gasteiger partial charge is 0.257 e. The second-order valence-corrected chi connectivity index (χ2v) is 4.51. The molecule has 1 aromatic carbocycles. The molecular weight excluding hydrogens is 214 g/mol. The summed E-state index contributed by atoms with van der Waals surface area (Å²) in [6.45, 7) is 7.42. The lowest BCUT2D eigenvalue weighted by molar-refractivity contribution is 0.0775. The second kappa shape index (κ2) is 6.28. The van der Waals surface area contributed by atoms with Crippen LogP contribution in [0.4, 0.5) is 0 Å².